The summed E-state index contributed by atoms with van der Waals surface area (Å²) in [7, 11) is 0. The van der Waals surface area contributed by atoms with E-state index in [4.69, 9.17) is 16.5 Å². The Bertz CT molecular complexity index is 461. The number of nitrogens with two attached hydrogens (primary N) is 1. The topological polar surface area (TPSA) is 111 Å². The number of amidine groups is 1. The quantitative estimate of drug-likeness (QED) is 0.426. The van der Waals surface area contributed by atoms with Crippen LogP contribution in [0.2, 0.25) is 0 Å². The monoisotopic (exact) mass is 248 g/mol. The first-order valence-corrected chi connectivity index (χ1v) is 5.52. The summed E-state index contributed by atoms with van der Waals surface area (Å²) >= 11 is 0. The van der Waals surface area contributed by atoms with E-state index in [1.54, 1.807) is 13.0 Å². The number of nitriles is 1. The van der Waals surface area contributed by atoms with Crippen molar-refractivity contribution >= 4 is 17.4 Å². The highest BCUT2D eigenvalue weighted by atomic mass is 16.1. The van der Waals surface area contributed by atoms with E-state index in [9.17, 15) is 9.59 Å². The summed E-state index contributed by atoms with van der Waals surface area (Å²) in [4.78, 5) is 23.1. The number of carbonyl (C=O) groups excluding carboxylic acids is 2. The van der Waals surface area contributed by atoms with Crippen molar-refractivity contribution in [2.75, 3.05) is 0 Å². The van der Waals surface area contributed by atoms with Crippen LogP contribution in [0.4, 0.5) is 0 Å². The highest BCUT2D eigenvalue weighted by molar-refractivity contribution is 6.02. The van der Waals surface area contributed by atoms with Crippen molar-refractivity contribution in [2.45, 2.75) is 26.8 Å². The fourth-order valence-corrected chi connectivity index (χ4v) is 2.16. The van der Waals surface area contributed by atoms with Gasteiger partial charge in [-0.15, -0.1) is 0 Å². The van der Waals surface area contributed by atoms with Crippen LogP contribution in [0, 0.1) is 28.6 Å². The zero-order valence-corrected chi connectivity index (χ0v) is 10.6. The van der Waals surface area contributed by atoms with Crippen molar-refractivity contribution in [2.24, 2.45) is 17.7 Å². The van der Waals surface area contributed by atoms with Gasteiger partial charge in [0.1, 0.15) is 29.2 Å². The molecule has 0 aromatic rings. The normalized spacial score (nSPS) is 23.7. The van der Waals surface area contributed by atoms with Crippen LogP contribution in [0.25, 0.3) is 0 Å². The smallest absolute Gasteiger partial charge is 0.142 e. The van der Waals surface area contributed by atoms with Gasteiger partial charge in [0.25, 0.3) is 0 Å². The maximum absolute atomic E-state index is 11.5. The molecule has 0 saturated heterocycles. The molecule has 0 aromatic heterocycles. The third-order valence-corrected chi connectivity index (χ3v) is 3.11. The summed E-state index contributed by atoms with van der Waals surface area (Å²) < 4.78 is 0. The lowest BCUT2D eigenvalue weighted by Crippen LogP contribution is -2.55. The van der Waals surface area contributed by atoms with E-state index in [1.165, 1.54) is 13.8 Å². The van der Waals surface area contributed by atoms with Crippen molar-refractivity contribution in [3.8, 4) is 6.07 Å². The van der Waals surface area contributed by atoms with Crippen LogP contribution < -0.4 is 5.84 Å². The van der Waals surface area contributed by atoms with E-state index in [0.717, 1.165) is 5.01 Å². The number of hydrazine groups is 1. The second kappa shape index (κ2) is 5.10. The van der Waals surface area contributed by atoms with Crippen molar-refractivity contribution in [3.05, 3.63) is 11.6 Å². The molecule has 0 saturated carbocycles. The molecule has 2 unspecified atom stereocenters. The van der Waals surface area contributed by atoms with Crippen molar-refractivity contribution < 1.29 is 9.59 Å². The molecule has 0 aromatic carbocycles. The Morgan fingerprint density at radius 1 is 1.50 bits per heavy atom. The van der Waals surface area contributed by atoms with Gasteiger partial charge in [-0.3, -0.25) is 20.0 Å². The number of nitrogens with zero attached hydrogens (tertiary/aromatic N) is 2. The summed E-state index contributed by atoms with van der Waals surface area (Å²) in [6, 6.07) is 1.28. The number of Topliss-reactive ketones (excluding diaryl/α,β-unsaturated/α-hetero) is 2. The van der Waals surface area contributed by atoms with Gasteiger partial charge in [0.2, 0.25) is 0 Å². The van der Waals surface area contributed by atoms with Crippen molar-refractivity contribution in [1.82, 2.24) is 5.01 Å². The van der Waals surface area contributed by atoms with E-state index >= 15 is 0 Å². The summed E-state index contributed by atoms with van der Waals surface area (Å²) in [6.45, 7) is 4.34. The van der Waals surface area contributed by atoms with Gasteiger partial charge in [0.05, 0.1) is 12.1 Å². The van der Waals surface area contributed by atoms with Crippen LogP contribution in [-0.2, 0) is 9.59 Å². The van der Waals surface area contributed by atoms with Crippen LogP contribution in [0.15, 0.2) is 11.6 Å². The number of carbonyl (C=O) groups is 2. The molecule has 1 rings (SSSR count). The molecule has 1 heterocycles. The molecule has 18 heavy (non-hydrogen) atoms. The Morgan fingerprint density at radius 2 is 2.00 bits per heavy atom. The first-order chi connectivity index (χ1) is 8.31. The first kappa shape index (κ1) is 14.1. The van der Waals surface area contributed by atoms with Crippen LogP contribution in [0.3, 0.4) is 0 Å². The molecule has 3 N–H and O–H groups in total. The van der Waals surface area contributed by atoms with E-state index in [-0.39, 0.29) is 17.4 Å². The van der Waals surface area contributed by atoms with Gasteiger partial charge in [-0.25, -0.2) is 5.84 Å². The maximum atomic E-state index is 11.5. The lowest BCUT2D eigenvalue weighted by molar-refractivity contribution is -0.132. The third kappa shape index (κ3) is 2.31. The molecule has 1 aliphatic heterocycles. The molecule has 0 spiro atoms. The Hall–Kier alpha value is -2.00. The van der Waals surface area contributed by atoms with Gasteiger partial charge in [-0.1, -0.05) is 11.6 Å². The molecule has 0 bridgehead atoms. The molecule has 6 heteroatoms. The molecule has 0 aliphatic carbocycles. The average Bonchev–Trinajstić information content (AvgIpc) is 2.25. The lowest BCUT2D eigenvalue weighted by atomic mass is 9.84. The lowest BCUT2D eigenvalue weighted by Gasteiger charge is -2.37. The van der Waals surface area contributed by atoms with Gasteiger partial charge in [0, 0.05) is 0 Å². The fraction of sp³-hybridized carbons (Fsp3) is 0.500. The minimum absolute atomic E-state index is 0.0880. The second-order valence-corrected chi connectivity index (χ2v) is 4.45. The van der Waals surface area contributed by atoms with Gasteiger partial charge >= 0.3 is 0 Å². The van der Waals surface area contributed by atoms with E-state index in [1.807, 2.05) is 6.07 Å². The van der Waals surface area contributed by atoms with E-state index in [0.29, 0.717) is 5.57 Å². The SMILES string of the molecule is CC(=O)C(C(C)=O)C1C=C(C)C(C#N)C(=N)N1N. The minimum atomic E-state index is -0.898. The number of rotatable bonds is 3. The van der Waals surface area contributed by atoms with Crippen LogP contribution >= 0.6 is 0 Å². The number of ketones is 2. The van der Waals surface area contributed by atoms with Gasteiger partial charge in [-0.2, -0.15) is 5.26 Å². The molecule has 6 nitrogen and oxygen atoms in total. The fourth-order valence-electron chi connectivity index (χ4n) is 2.16. The van der Waals surface area contributed by atoms with Crippen LogP contribution in [0.5, 0.6) is 0 Å². The second-order valence-electron chi connectivity index (χ2n) is 4.45. The summed E-state index contributed by atoms with van der Waals surface area (Å²) in [5, 5.41) is 17.8. The third-order valence-electron chi connectivity index (χ3n) is 3.11. The van der Waals surface area contributed by atoms with Gasteiger partial charge in [0.15, 0.2) is 0 Å². The molecule has 0 radical (unpaired) electrons. The molecule has 0 fully saturated rings. The van der Waals surface area contributed by atoms with Crippen LogP contribution in [-0.4, -0.2) is 28.5 Å². The summed E-state index contributed by atoms with van der Waals surface area (Å²) in [5.74, 6) is 3.44. The molecular formula is C12H16N4O2. The highest BCUT2D eigenvalue weighted by Crippen LogP contribution is 2.25. The highest BCUT2D eigenvalue weighted by Gasteiger charge is 2.38. The standard InChI is InChI=1S/C12H16N4O2/c1-6-4-10(11(7(2)17)8(3)18)16(15)12(14)9(6)5-13/h4,9-11,14H,15H2,1-3H3. The largest absolute Gasteiger partial charge is 0.299 e. The number of nitrogens with one attached hydrogen (secondary N) is 1. The van der Waals surface area contributed by atoms with Gasteiger partial charge in [-0.05, 0) is 20.8 Å². The Kier molecular flexibility index (Phi) is 3.99. The van der Waals surface area contributed by atoms with Crippen molar-refractivity contribution in [1.29, 1.82) is 10.7 Å². The molecule has 2 atom stereocenters. The Balaban J connectivity index is 3.22. The zero-order chi connectivity index (χ0) is 14.0. The van der Waals surface area contributed by atoms with Gasteiger partial charge < -0.3 is 0 Å². The predicted octanol–water partition coefficient (Wildman–Crippen LogP) is 0.402. The Morgan fingerprint density at radius 3 is 2.39 bits per heavy atom. The predicted molar refractivity (Wildman–Crippen MR) is 65.3 cm³/mol. The summed E-state index contributed by atoms with van der Waals surface area (Å²) in [5.41, 5.74) is 0.640. The van der Waals surface area contributed by atoms with Crippen LogP contribution in [0.1, 0.15) is 20.8 Å². The first-order valence-electron chi connectivity index (χ1n) is 5.52. The number of hydrogen-bond acceptors (Lipinski definition) is 5. The Labute approximate surface area is 106 Å². The maximum Gasteiger partial charge on any atom is 0.142 e. The average molecular weight is 248 g/mol. The summed E-state index contributed by atoms with van der Waals surface area (Å²) in [6.07, 6.45) is 1.62. The van der Waals surface area contributed by atoms with Crippen molar-refractivity contribution in [3.63, 3.8) is 0 Å². The zero-order valence-electron chi connectivity index (χ0n) is 10.6. The number of hydrogen-bond donors (Lipinski definition) is 2. The minimum Gasteiger partial charge on any atom is -0.299 e. The molecule has 0 amide bonds. The molecule has 96 valence electrons. The van der Waals surface area contributed by atoms with E-state index in [2.05, 4.69) is 0 Å². The van der Waals surface area contributed by atoms with E-state index < -0.39 is 17.9 Å². The molecular weight excluding hydrogens is 232 g/mol. The molecule has 1 aliphatic rings.